The second-order valence-corrected chi connectivity index (χ2v) is 12.5. The standard InChI is InChI=1S/C33H39N5O6S/c1-5-43-32(42)38-20-18-37(19-21-38)31(41)25(16-17-28(39)44-33(2,3)4)35-30(40)26-22-27(45-24-14-10-7-11-15-24)36-29(34-26)23-12-8-6-9-13-23/h6-15,22,25H,5,16-21H2,1-4H3,(H,35,40)/t25-/m0/s1. The number of hydrogen-bond acceptors (Lipinski definition) is 9. The molecule has 0 radical (unpaired) electrons. The predicted octanol–water partition coefficient (Wildman–Crippen LogP) is 4.82. The van der Waals surface area contributed by atoms with Crippen LogP contribution in [0.5, 0.6) is 0 Å². The van der Waals surface area contributed by atoms with Gasteiger partial charge in [-0.05, 0) is 46.2 Å². The first-order chi connectivity index (χ1) is 21.5. The predicted molar refractivity (Wildman–Crippen MR) is 170 cm³/mol. The number of aromatic nitrogens is 2. The molecule has 1 aromatic heterocycles. The minimum atomic E-state index is -1.03. The van der Waals surface area contributed by atoms with Crippen molar-refractivity contribution in [2.45, 2.75) is 62.1 Å². The third-order valence-corrected chi connectivity index (χ3v) is 7.64. The van der Waals surface area contributed by atoms with E-state index in [9.17, 15) is 19.2 Å². The molecule has 1 atom stereocenters. The van der Waals surface area contributed by atoms with Crippen molar-refractivity contribution in [3.05, 3.63) is 72.4 Å². The van der Waals surface area contributed by atoms with Gasteiger partial charge in [-0.15, -0.1) is 0 Å². The number of amides is 3. The third-order valence-electron chi connectivity index (χ3n) is 6.71. The molecule has 0 unspecified atom stereocenters. The Kier molecular flexibility index (Phi) is 11.5. The Morgan fingerprint density at radius 2 is 1.53 bits per heavy atom. The van der Waals surface area contributed by atoms with Gasteiger partial charge in [0, 0.05) is 49.1 Å². The van der Waals surface area contributed by atoms with Crippen molar-refractivity contribution in [2.24, 2.45) is 0 Å². The fourth-order valence-corrected chi connectivity index (χ4v) is 5.45. The molecule has 3 aromatic rings. The molecule has 3 amide bonds. The summed E-state index contributed by atoms with van der Waals surface area (Å²) in [6.45, 7) is 8.42. The zero-order valence-corrected chi connectivity index (χ0v) is 26.8. The van der Waals surface area contributed by atoms with E-state index in [1.165, 1.54) is 11.8 Å². The number of nitrogens with one attached hydrogen (secondary N) is 1. The van der Waals surface area contributed by atoms with E-state index < -0.39 is 29.6 Å². The van der Waals surface area contributed by atoms with E-state index in [0.717, 1.165) is 10.5 Å². The molecule has 0 aliphatic carbocycles. The van der Waals surface area contributed by atoms with Gasteiger partial charge in [-0.25, -0.2) is 14.8 Å². The van der Waals surface area contributed by atoms with Crippen molar-refractivity contribution in [1.82, 2.24) is 25.1 Å². The van der Waals surface area contributed by atoms with Crippen molar-refractivity contribution >= 4 is 35.6 Å². The highest BCUT2D eigenvalue weighted by molar-refractivity contribution is 7.99. The number of carbonyl (C=O) groups excluding carboxylic acids is 4. The van der Waals surface area contributed by atoms with Crippen LogP contribution in [0.15, 0.2) is 76.7 Å². The van der Waals surface area contributed by atoms with E-state index in [0.29, 0.717) is 23.9 Å². The number of esters is 1. The highest BCUT2D eigenvalue weighted by atomic mass is 32.2. The Morgan fingerprint density at radius 3 is 2.16 bits per heavy atom. The van der Waals surface area contributed by atoms with Crippen LogP contribution >= 0.6 is 11.8 Å². The average Bonchev–Trinajstić information content (AvgIpc) is 3.02. The monoisotopic (exact) mass is 633 g/mol. The SMILES string of the molecule is CCOC(=O)N1CCN(C(=O)[C@H](CCC(=O)OC(C)(C)C)NC(=O)c2cc(Sc3ccccc3)nc(-c3ccccc3)n2)CC1. The second-order valence-electron chi connectivity index (χ2n) is 11.4. The van der Waals surface area contributed by atoms with E-state index in [-0.39, 0.29) is 44.1 Å². The number of ether oxygens (including phenoxy) is 2. The van der Waals surface area contributed by atoms with Crippen LogP contribution in [0, 0.1) is 0 Å². The summed E-state index contributed by atoms with van der Waals surface area (Å²) in [5.74, 6) is -1.03. The molecule has 1 N–H and O–H groups in total. The smallest absolute Gasteiger partial charge is 0.409 e. The number of hydrogen-bond donors (Lipinski definition) is 1. The molecule has 0 spiro atoms. The fraction of sp³-hybridized carbons (Fsp3) is 0.394. The second kappa shape index (κ2) is 15.5. The Bertz CT molecular complexity index is 1470. The van der Waals surface area contributed by atoms with E-state index in [4.69, 9.17) is 14.5 Å². The number of nitrogens with zero attached hydrogens (tertiary/aromatic N) is 4. The molecule has 1 aliphatic heterocycles. The molecule has 0 saturated carbocycles. The van der Waals surface area contributed by atoms with Crippen LogP contribution in [0.25, 0.3) is 11.4 Å². The molecular formula is C33H39N5O6S. The summed E-state index contributed by atoms with van der Waals surface area (Å²) in [7, 11) is 0. The normalized spacial score (nSPS) is 14.0. The molecular weight excluding hydrogens is 594 g/mol. The van der Waals surface area contributed by atoms with Crippen molar-refractivity contribution in [2.75, 3.05) is 32.8 Å². The van der Waals surface area contributed by atoms with Crippen molar-refractivity contribution in [1.29, 1.82) is 0 Å². The summed E-state index contributed by atoms with van der Waals surface area (Å²) in [4.78, 5) is 65.5. The maximum Gasteiger partial charge on any atom is 0.409 e. The first-order valence-electron chi connectivity index (χ1n) is 14.9. The van der Waals surface area contributed by atoms with E-state index >= 15 is 0 Å². The van der Waals surface area contributed by atoms with Gasteiger partial charge in [0.25, 0.3) is 5.91 Å². The lowest BCUT2D eigenvalue weighted by Crippen LogP contribution is -2.56. The van der Waals surface area contributed by atoms with Crippen LogP contribution in [0.1, 0.15) is 51.0 Å². The summed E-state index contributed by atoms with van der Waals surface area (Å²) < 4.78 is 10.5. The Hall–Kier alpha value is -4.45. The van der Waals surface area contributed by atoms with Crippen LogP contribution in [0.3, 0.4) is 0 Å². The third kappa shape index (κ3) is 10.0. The van der Waals surface area contributed by atoms with Gasteiger partial charge in [0.2, 0.25) is 5.91 Å². The van der Waals surface area contributed by atoms with Gasteiger partial charge in [0.15, 0.2) is 5.82 Å². The fourth-order valence-electron chi connectivity index (χ4n) is 4.61. The maximum atomic E-state index is 13.8. The molecule has 238 valence electrons. The van der Waals surface area contributed by atoms with Crippen molar-refractivity contribution in [3.8, 4) is 11.4 Å². The highest BCUT2D eigenvalue weighted by Gasteiger charge is 2.32. The molecule has 1 aliphatic rings. The molecule has 45 heavy (non-hydrogen) atoms. The van der Waals surface area contributed by atoms with Crippen LogP contribution in [-0.2, 0) is 19.1 Å². The topological polar surface area (TPSA) is 131 Å². The number of rotatable bonds is 10. The van der Waals surface area contributed by atoms with Gasteiger partial charge in [-0.3, -0.25) is 14.4 Å². The zero-order valence-electron chi connectivity index (χ0n) is 26.0. The Morgan fingerprint density at radius 1 is 0.911 bits per heavy atom. The first-order valence-corrected chi connectivity index (χ1v) is 15.7. The summed E-state index contributed by atoms with van der Waals surface area (Å²) >= 11 is 1.39. The number of piperazine rings is 1. The average molecular weight is 634 g/mol. The molecule has 2 heterocycles. The lowest BCUT2D eigenvalue weighted by Gasteiger charge is -2.36. The lowest BCUT2D eigenvalue weighted by molar-refractivity contribution is -0.155. The zero-order chi connectivity index (χ0) is 32.4. The molecule has 1 fully saturated rings. The highest BCUT2D eigenvalue weighted by Crippen LogP contribution is 2.28. The van der Waals surface area contributed by atoms with Crippen molar-refractivity contribution in [3.63, 3.8) is 0 Å². The van der Waals surface area contributed by atoms with Gasteiger partial charge in [0.1, 0.15) is 22.4 Å². The quantitative estimate of drug-likeness (QED) is 0.247. The van der Waals surface area contributed by atoms with Crippen molar-refractivity contribution < 1.29 is 28.7 Å². The Balaban J connectivity index is 1.57. The van der Waals surface area contributed by atoms with Crippen LogP contribution in [0.2, 0.25) is 0 Å². The maximum absolute atomic E-state index is 13.8. The summed E-state index contributed by atoms with van der Waals surface area (Å²) in [5.41, 5.74) is 0.133. The Labute approximate surface area is 267 Å². The van der Waals surface area contributed by atoms with E-state index in [2.05, 4.69) is 10.3 Å². The lowest BCUT2D eigenvalue weighted by atomic mass is 10.1. The van der Waals surface area contributed by atoms with Crippen LogP contribution < -0.4 is 5.32 Å². The molecule has 12 heteroatoms. The van der Waals surface area contributed by atoms with Gasteiger partial charge in [-0.2, -0.15) is 0 Å². The minimum Gasteiger partial charge on any atom is -0.460 e. The van der Waals surface area contributed by atoms with Gasteiger partial charge < -0.3 is 24.6 Å². The van der Waals surface area contributed by atoms with Gasteiger partial charge in [-0.1, -0.05) is 60.3 Å². The van der Waals surface area contributed by atoms with E-state index in [1.807, 2.05) is 60.7 Å². The van der Waals surface area contributed by atoms with Crippen LogP contribution in [-0.4, -0.2) is 88.1 Å². The minimum absolute atomic E-state index is 0.0276. The molecule has 11 nitrogen and oxygen atoms in total. The molecule has 4 rings (SSSR count). The van der Waals surface area contributed by atoms with E-state index in [1.54, 1.807) is 43.6 Å². The summed E-state index contributed by atoms with van der Waals surface area (Å²) in [6, 6.07) is 19.5. The number of carbonyl (C=O) groups is 4. The molecule has 0 bridgehead atoms. The molecule has 2 aromatic carbocycles. The largest absolute Gasteiger partial charge is 0.460 e. The first kappa shape index (κ1) is 33.4. The van der Waals surface area contributed by atoms with Gasteiger partial charge in [0.05, 0.1) is 6.61 Å². The summed E-state index contributed by atoms with van der Waals surface area (Å²) in [5, 5.41) is 3.39. The molecule has 1 saturated heterocycles. The van der Waals surface area contributed by atoms with Crippen LogP contribution in [0.4, 0.5) is 4.79 Å². The van der Waals surface area contributed by atoms with Gasteiger partial charge >= 0.3 is 12.1 Å². The number of benzene rings is 2. The summed E-state index contributed by atoms with van der Waals surface area (Å²) in [6.07, 6.45) is -0.480.